The molecule has 1 aliphatic heterocycles. The van der Waals surface area contributed by atoms with Crippen LogP contribution in [0.2, 0.25) is 0 Å². The predicted octanol–water partition coefficient (Wildman–Crippen LogP) is 3.23. The van der Waals surface area contributed by atoms with Crippen LogP contribution in [0.3, 0.4) is 0 Å². The Morgan fingerprint density at radius 3 is 2.42 bits per heavy atom. The molecule has 1 saturated heterocycles. The number of nitrogens with two attached hydrogens (primary N) is 1. The minimum atomic E-state index is -0.826. The molecule has 0 aromatic heterocycles. The van der Waals surface area contributed by atoms with Gasteiger partial charge in [0.15, 0.2) is 11.6 Å². The van der Waals surface area contributed by atoms with E-state index in [1.54, 1.807) is 6.07 Å². The van der Waals surface area contributed by atoms with Gasteiger partial charge < -0.3 is 5.73 Å². The average molecular weight is 268 g/mol. The van der Waals surface area contributed by atoms with E-state index >= 15 is 0 Å². The molecule has 0 radical (unpaired) electrons. The Balaban J connectivity index is 2.07. The summed E-state index contributed by atoms with van der Waals surface area (Å²) in [5, 5.41) is 0. The van der Waals surface area contributed by atoms with Crippen LogP contribution in [-0.4, -0.2) is 23.5 Å². The van der Waals surface area contributed by atoms with Gasteiger partial charge in [0.25, 0.3) is 0 Å². The van der Waals surface area contributed by atoms with Crippen molar-refractivity contribution in [3.05, 3.63) is 35.4 Å². The zero-order valence-electron chi connectivity index (χ0n) is 11.6. The number of piperidine rings is 1. The van der Waals surface area contributed by atoms with Crippen LogP contribution in [0, 0.1) is 11.6 Å². The number of nitrogens with zero attached hydrogens (tertiary/aromatic N) is 1. The van der Waals surface area contributed by atoms with Crippen molar-refractivity contribution in [2.75, 3.05) is 6.54 Å². The number of rotatable bonds is 3. The maximum atomic E-state index is 13.2. The highest BCUT2D eigenvalue weighted by molar-refractivity contribution is 5.21. The molecule has 19 heavy (non-hydrogen) atoms. The third-order valence-corrected chi connectivity index (χ3v) is 4.16. The number of halogens is 2. The number of likely N-dealkylation sites (tertiary alicyclic amines) is 1. The Morgan fingerprint density at radius 1 is 1.21 bits per heavy atom. The molecule has 2 N–H and O–H groups in total. The monoisotopic (exact) mass is 268 g/mol. The maximum Gasteiger partial charge on any atom is 0.159 e. The molecule has 1 unspecified atom stereocenters. The van der Waals surface area contributed by atoms with Crippen molar-refractivity contribution in [2.24, 2.45) is 5.73 Å². The van der Waals surface area contributed by atoms with Crippen LogP contribution in [0.4, 0.5) is 8.78 Å². The minimum absolute atomic E-state index is 0.280. The van der Waals surface area contributed by atoms with Gasteiger partial charge in [-0.15, -0.1) is 0 Å². The lowest BCUT2D eigenvalue weighted by molar-refractivity contribution is 0.0961. The molecule has 1 fully saturated rings. The summed E-state index contributed by atoms with van der Waals surface area (Å²) in [5.74, 6) is -1.65. The van der Waals surface area contributed by atoms with Crippen LogP contribution in [-0.2, 0) is 0 Å². The van der Waals surface area contributed by atoms with Crippen LogP contribution in [0.5, 0.6) is 0 Å². The van der Waals surface area contributed by atoms with Crippen molar-refractivity contribution in [1.82, 2.24) is 4.90 Å². The van der Waals surface area contributed by atoms with Gasteiger partial charge >= 0.3 is 0 Å². The maximum absolute atomic E-state index is 13.2. The number of benzene rings is 1. The lowest BCUT2D eigenvalue weighted by atomic mass is 9.96. The first kappa shape index (κ1) is 14.4. The van der Waals surface area contributed by atoms with E-state index in [0.29, 0.717) is 24.2 Å². The third-order valence-electron chi connectivity index (χ3n) is 4.16. The Bertz CT molecular complexity index is 426. The average Bonchev–Trinajstić information content (AvgIpc) is 2.37. The van der Waals surface area contributed by atoms with Gasteiger partial charge in [0.2, 0.25) is 0 Å². The molecular formula is C15H22F2N2. The second-order valence-corrected chi connectivity index (χ2v) is 5.61. The SMILES string of the molecule is C[C@@H]1CCC[C@H](C)N1CC(N)c1ccc(F)c(F)c1. The molecule has 4 heteroatoms. The fourth-order valence-electron chi connectivity index (χ4n) is 2.91. The summed E-state index contributed by atoms with van der Waals surface area (Å²) < 4.78 is 26.1. The second kappa shape index (κ2) is 5.97. The van der Waals surface area contributed by atoms with E-state index in [1.165, 1.54) is 25.3 Å². The predicted molar refractivity (Wildman–Crippen MR) is 72.8 cm³/mol. The highest BCUT2D eigenvalue weighted by atomic mass is 19.2. The topological polar surface area (TPSA) is 29.3 Å². The summed E-state index contributed by atoms with van der Waals surface area (Å²) in [5.41, 5.74) is 6.79. The van der Waals surface area contributed by atoms with E-state index in [1.807, 2.05) is 0 Å². The molecule has 0 aliphatic carbocycles. The normalized spacial score (nSPS) is 26.4. The fraction of sp³-hybridized carbons (Fsp3) is 0.600. The molecule has 106 valence electrons. The van der Waals surface area contributed by atoms with Gasteiger partial charge in [-0.25, -0.2) is 8.78 Å². The molecule has 3 atom stereocenters. The van der Waals surface area contributed by atoms with Crippen molar-refractivity contribution in [3.8, 4) is 0 Å². The summed E-state index contributed by atoms with van der Waals surface area (Å²) in [6.45, 7) is 5.09. The van der Waals surface area contributed by atoms with Crippen LogP contribution in [0.1, 0.15) is 44.7 Å². The third kappa shape index (κ3) is 3.31. The molecule has 2 nitrogen and oxygen atoms in total. The zero-order valence-corrected chi connectivity index (χ0v) is 11.6. The molecule has 0 spiro atoms. The lowest BCUT2D eigenvalue weighted by Crippen LogP contribution is -2.46. The Morgan fingerprint density at radius 2 is 1.84 bits per heavy atom. The smallest absolute Gasteiger partial charge is 0.159 e. The fourth-order valence-corrected chi connectivity index (χ4v) is 2.91. The molecule has 0 bridgehead atoms. The van der Waals surface area contributed by atoms with Crippen molar-refractivity contribution in [1.29, 1.82) is 0 Å². The summed E-state index contributed by atoms with van der Waals surface area (Å²) in [6, 6.07) is 4.65. The van der Waals surface area contributed by atoms with Gasteiger partial charge in [0.05, 0.1) is 0 Å². The van der Waals surface area contributed by atoms with Crippen LogP contribution >= 0.6 is 0 Å². The Hall–Kier alpha value is -1.00. The quantitative estimate of drug-likeness (QED) is 0.912. The minimum Gasteiger partial charge on any atom is -0.323 e. The molecule has 0 saturated carbocycles. The van der Waals surface area contributed by atoms with E-state index in [0.717, 1.165) is 6.07 Å². The lowest BCUT2D eigenvalue weighted by Gasteiger charge is -2.40. The standard InChI is InChI=1S/C15H22F2N2/c1-10-4-3-5-11(2)19(10)9-15(18)12-6-7-13(16)14(17)8-12/h6-8,10-11,15H,3-5,9,18H2,1-2H3/t10-,11+,15?. The summed E-state index contributed by atoms with van der Waals surface area (Å²) in [6.07, 6.45) is 3.60. The highest BCUT2D eigenvalue weighted by Crippen LogP contribution is 2.25. The van der Waals surface area contributed by atoms with Gasteiger partial charge in [-0.05, 0) is 44.4 Å². The first-order valence-electron chi connectivity index (χ1n) is 6.95. The van der Waals surface area contributed by atoms with Gasteiger partial charge in [-0.3, -0.25) is 4.90 Å². The van der Waals surface area contributed by atoms with E-state index in [9.17, 15) is 8.78 Å². The summed E-state index contributed by atoms with van der Waals surface area (Å²) in [7, 11) is 0. The molecule has 1 aliphatic rings. The first-order chi connectivity index (χ1) is 8.99. The van der Waals surface area contributed by atoms with E-state index in [4.69, 9.17) is 5.73 Å². The largest absolute Gasteiger partial charge is 0.323 e. The molecule has 1 heterocycles. The van der Waals surface area contributed by atoms with Gasteiger partial charge in [-0.1, -0.05) is 12.5 Å². The van der Waals surface area contributed by atoms with E-state index in [-0.39, 0.29) is 6.04 Å². The van der Waals surface area contributed by atoms with E-state index < -0.39 is 11.6 Å². The van der Waals surface area contributed by atoms with Gasteiger partial charge in [0.1, 0.15) is 0 Å². The second-order valence-electron chi connectivity index (χ2n) is 5.61. The van der Waals surface area contributed by atoms with Gasteiger partial charge in [0, 0.05) is 24.7 Å². The summed E-state index contributed by atoms with van der Waals surface area (Å²) in [4.78, 5) is 2.37. The van der Waals surface area contributed by atoms with Crippen molar-refractivity contribution >= 4 is 0 Å². The molecule has 0 amide bonds. The Kier molecular flexibility index (Phi) is 4.53. The van der Waals surface area contributed by atoms with Crippen molar-refractivity contribution in [2.45, 2.75) is 51.2 Å². The molecular weight excluding hydrogens is 246 g/mol. The first-order valence-corrected chi connectivity index (χ1v) is 6.95. The van der Waals surface area contributed by atoms with Crippen molar-refractivity contribution in [3.63, 3.8) is 0 Å². The molecule has 1 aromatic rings. The molecule has 2 rings (SSSR count). The van der Waals surface area contributed by atoms with Crippen LogP contribution in [0.15, 0.2) is 18.2 Å². The highest BCUT2D eigenvalue weighted by Gasteiger charge is 2.26. The number of hydrogen-bond donors (Lipinski definition) is 1. The van der Waals surface area contributed by atoms with Crippen molar-refractivity contribution < 1.29 is 8.78 Å². The molecule has 1 aromatic carbocycles. The van der Waals surface area contributed by atoms with Gasteiger partial charge in [-0.2, -0.15) is 0 Å². The number of hydrogen-bond acceptors (Lipinski definition) is 2. The Labute approximate surface area is 113 Å². The van der Waals surface area contributed by atoms with Crippen LogP contribution < -0.4 is 5.73 Å². The summed E-state index contributed by atoms with van der Waals surface area (Å²) >= 11 is 0. The zero-order chi connectivity index (χ0) is 14.0. The van der Waals surface area contributed by atoms with Crippen LogP contribution in [0.25, 0.3) is 0 Å². The van der Waals surface area contributed by atoms with E-state index in [2.05, 4.69) is 18.7 Å².